The van der Waals surface area contributed by atoms with Gasteiger partial charge in [0.25, 0.3) is 11.8 Å². The summed E-state index contributed by atoms with van der Waals surface area (Å²) in [6.07, 6.45) is 23.4. The van der Waals surface area contributed by atoms with Crippen LogP contribution in [0.1, 0.15) is 181 Å². The third-order valence-electron chi connectivity index (χ3n) is 13.3. The van der Waals surface area contributed by atoms with Gasteiger partial charge < -0.3 is 9.80 Å². The summed E-state index contributed by atoms with van der Waals surface area (Å²) in [6, 6.07) is 13.5. The lowest BCUT2D eigenvalue weighted by Crippen LogP contribution is -2.34. The number of thiophene rings is 4. The van der Waals surface area contributed by atoms with Crippen molar-refractivity contribution in [1.29, 1.82) is 0 Å². The second kappa shape index (κ2) is 23.2. The van der Waals surface area contributed by atoms with E-state index in [1.54, 1.807) is 22.7 Å². The second-order valence-electron chi connectivity index (χ2n) is 17.9. The van der Waals surface area contributed by atoms with E-state index in [0.29, 0.717) is 36.1 Å². The largest absolute Gasteiger partial charge is 0.306 e. The highest BCUT2D eigenvalue weighted by molar-refractivity contribution is 7.23. The summed E-state index contributed by atoms with van der Waals surface area (Å²) in [7, 11) is 0. The molecule has 2 atom stereocenters. The molecule has 0 saturated heterocycles. The Kier molecular flexibility index (Phi) is 18.2. The molecule has 4 aromatic heterocycles. The summed E-state index contributed by atoms with van der Waals surface area (Å²) in [4.78, 5) is 44.3. The molecule has 2 aliphatic heterocycles. The van der Waals surface area contributed by atoms with Gasteiger partial charge in [0.1, 0.15) is 0 Å². The zero-order chi connectivity index (χ0) is 43.5. The second-order valence-corrected chi connectivity index (χ2v) is 22.6. The van der Waals surface area contributed by atoms with Gasteiger partial charge in [0, 0.05) is 42.4 Å². The van der Waals surface area contributed by atoms with Crippen molar-refractivity contribution in [2.75, 3.05) is 13.1 Å². The number of rotatable bonds is 27. The smallest absolute Gasteiger partial charge is 0.261 e. The fraction of sp³-hybridized carbons (Fsp3) is 0.585. The van der Waals surface area contributed by atoms with Crippen LogP contribution in [0.2, 0.25) is 0 Å². The molecule has 2 aliphatic rings. The van der Waals surface area contributed by atoms with Crippen LogP contribution in [0, 0.1) is 32.6 Å². The van der Waals surface area contributed by atoms with Crippen LogP contribution >= 0.6 is 45.3 Å². The molecular formula is C53H74N2O2S4. The molecule has 2 amide bonds. The van der Waals surface area contributed by atoms with E-state index in [1.165, 1.54) is 105 Å². The third kappa shape index (κ3) is 11.5. The van der Waals surface area contributed by atoms with E-state index in [1.807, 2.05) is 32.5 Å². The van der Waals surface area contributed by atoms with Gasteiger partial charge in [0.2, 0.25) is 0 Å². The molecule has 332 valence electrons. The molecule has 0 bridgehead atoms. The quantitative estimate of drug-likeness (QED) is 0.0560. The maximum atomic E-state index is 15.2. The normalized spacial score (nSPS) is 15.3. The monoisotopic (exact) mass is 898 g/mol. The van der Waals surface area contributed by atoms with Gasteiger partial charge in [-0.05, 0) is 106 Å². The molecule has 0 spiro atoms. The van der Waals surface area contributed by atoms with Gasteiger partial charge in [-0.2, -0.15) is 0 Å². The molecule has 0 N–H and O–H groups in total. The molecule has 0 aliphatic carbocycles. The van der Waals surface area contributed by atoms with Crippen LogP contribution in [0.5, 0.6) is 0 Å². The standard InChI is InChI=1S/C53H74N2O2S4/c1-9-14-17-18-19-20-21-22-23-24-27-41-33-47(59-38(41)8)43-29-31-45(61-43)51-49-48(52(56)55(51)35-40(13-5)26-16-11-3)50(54(53(49)57)34-39(12-4)25-15-10-2)44-30-28-42(60-44)46-32-36(6)37(7)58-46/h28-33,39-40H,9-27,34-35H2,1-8H3. The minimum atomic E-state index is 0.00543. The number of nitrogens with zero attached hydrogens (tertiary/aromatic N) is 2. The van der Waals surface area contributed by atoms with Crippen molar-refractivity contribution >= 4 is 68.6 Å². The molecule has 8 heteroatoms. The van der Waals surface area contributed by atoms with E-state index in [4.69, 9.17) is 0 Å². The van der Waals surface area contributed by atoms with Gasteiger partial charge in [0.15, 0.2) is 0 Å². The fourth-order valence-electron chi connectivity index (χ4n) is 9.19. The molecule has 2 unspecified atom stereocenters. The van der Waals surface area contributed by atoms with E-state index < -0.39 is 0 Å². The average Bonchev–Trinajstić information content (AvgIpc) is 4.12. The number of fused-ring (bicyclic) bond motifs is 1. The Morgan fingerprint density at radius 3 is 1.34 bits per heavy atom. The van der Waals surface area contributed by atoms with E-state index >= 15 is 9.59 Å². The number of aryl methyl sites for hydroxylation is 4. The molecule has 0 radical (unpaired) electrons. The number of hydrogen-bond donors (Lipinski definition) is 0. The summed E-state index contributed by atoms with van der Waals surface area (Å²) in [5, 5.41) is 0. The first kappa shape index (κ1) is 47.7. The van der Waals surface area contributed by atoms with Crippen LogP contribution in [0.25, 0.3) is 30.9 Å². The molecule has 0 aromatic carbocycles. The fourth-order valence-corrected chi connectivity index (χ4v) is 13.6. The van der Waals surface area contributed by atoms with Crippen molar-refractivity contribution < 1.29 is 9.59 Å². The van der Waals surface area contributed by atoms with E-state index in [-0.39, 0.29) is 11.8 Å². The van der Waals surface area contributed by atoms with Crippen molar-refractivity contribution in [3.05, 3.63) is 78.2 Å². The van der Waals surface area contributed by atoms with Gasteiger partial charge in [-0.1, -0.05) is 131 Å². The summed E-state index contributed by atoms with van der Waals surface area (Å²) in [6.45, 7) is 19.2. The maximum absolute atomic E-state index is 15.2. The molecule has 6 heterocycles. The van der Waals surface area contributed by atoms with Crippen LogP contribution in [0.4, 0.5) is 0 Å². The Labute approximate surface area is 385 Å². The first-order valence-electron chi connectivity index (χ1n) is 24.1. The van der Waals surface area contributed by atoms with Crippen LogP contribution in [-0.2, 0) is 16.0 Å². The molecule has 4 nitrogen and oxygen atoms in total. The predicted molar refractivity (Wildman–Crippen MR) is 269 cm³/mol. The SMILES string of the molecule is CCCCCCCCCCCCc1cc(-c2ccc(C3=C4C(=O)N(CC(CC)CCCC)C(c5ccc(-c6cc(C)c(C)s6)s5)=C4C(=O)N3CC(CC)CCCC)s2)sc1C. The van der Waals surface area contributed by atoms with Gasteiger partial charge in [0.05, 0.1) is 32.3 Å². The maximum Gasteiger partial charge on any atom is 0.261 e. The number of carbonyl (C=O) groups excluding carboxylic acids is 2. The molecule has 6 rings (SSSR count). The topological polar surface area (TPSA) is 40.6 Å². The highest BCUT2D eigenvalue weighted by atomic mass is 32.1. The minimum absolute atomic E-state index is 0.00543. The van der Waals surface area contributed by atoms with Gasteiger partial charge in [-0.15, -0.1) is 45.3 Å². The summed E-state index contributed by atoms with van der Waals surface area (Å²) < 4.78 is 0. The molecule has 61 heavy (non-hydrogen) atoms. The first-order valence-corrected chi connectivity index (χ1v) is 27.4. The molecule has 0 fully saturated rings. The first-order chi connectivity index (χ1) is 29.6. The Morgan fingerprint density at radius 2 is 0.902 bits per heavy atom. The number of hydrogen-bond acceptors (Lipinski definition) is 6. The highest BCUT2D eigenvalue weighted by Crippen LogP contribution is 2.51. The van der Waals surface area contributed by atoms with Gasteiger partial charge in [-0.3, -0.25) is 9.59 Å². The number of amides is 2. The zero-order valence-corrected chi connectivity index (χ0v) is 42.1. The molecule has 4 aromatic rings. The molecular weight excluding hydrogens is 825 g/mol. The lowest BCUT2D eigenvalue weighted by Gasteiger charge is -2.29. The van der Waals surface area contributed by atoms with Crippen molar-refractivity contribution in [2.45, 2.75) is 177 Å². The Morgan fingerprint density at radius 1 is 0.475 bits per heavy atom. The Hall–Kier alpha value is -2.78. The van der Waals surface area contributed by atoms with Crippen LogP contribution in [0.3, 0.4) is 0 Å². The number of unbranched alkanes of at least 4 members (excludes halogenated alkanes) is 11. The molecule has 0 saturated carbocycles. The van der Waals surface area contributed by atoms with Gasteiger partial charge >= 0.3 is 0 Å². The zero-order valence-electron chi connectivity index (χ0n) is 38.8. The van der Waals surface area contributed by atoms with E-state index in [9.17, 15) is 0 Å². The van der Waals surface area contributed by atoms with Crippen molar-refractivity contribution in [1.82, 2.24) is 9.80 Å². The van der Waals surface area contributed by atoms with Crippen molar-refractivity contribution in [3.8, 4) is 19.5 Å². The summed E-state index contributed by atoms with van der Waals surface area (Å²) in [5.41, 5.74) is 5.72. The van der Waals surface area contributed by atoms with Crippen molar-refractivity contribution in [3.63, 3.8) is 0 Å². The van der Waals surface area contributed by atoms with Crippen LogP contribution in [-0.4, -0.2) is 34.7 Å². The van der Waals surface area contributed by atoms with Crippen LogP contribution in [0.15, 0.2) is 47.5 Å². The van der Waals surface area contributed by atoms with E-state index in [0.717, 1.165) is 78.9 Å². The van der Waals surface area contributed by atoms with Gasteiger partial charge in [-0.25, -0.2) is 0 Å². The van der Waals surface area contributed by atoms with E-state index in [2.05, 4.69) is 91.8 Å². The Balaban J connectivity index is 1.34. The third-order valence-corrected chi connectivity index (χ3v) is 18.1. The highest BCUT2D eigenvalue weighted by Gasteiger charge is 2.50. The minimum Gasteiger partial charge on any atom is -0.306 e. The number of carbonyl (C=O) groups is 2. The predicted octanol–water partition coefficient (Wildman–Crippen LogP) is 16.9. The lowest BCUT2D eigenvalue weighted by atomic mass is 9.98. The average molecular weight is 899 g/mol. The van der Waals surface area contributed by atoms with Crippen LogP contribution < -0.4 is 0 Å². The lowest BCUT2D eigenvalue weighted by molar-refractivity contribution is -0.124. The van der Waals surface area contributed by atoms with Crippen molar-refractivity contribution in [2.24, 2.45) is 11.8 Å². The summed E-state index contributed by atoms with van der Waals surface area (Å²) in [5.74, 6) is 0.759. The summed E-state index contributed by atoms with van der Waals surface area (Å²) >= 11 is 7.21. The Bertz CT molecular complexity index is 2100.